The van der Waals surface area contributed by atoms with E-state index in [0.29, 0.717) is 6.54 Å². The summed E-state index contributed by atoms with van der Waals surface area (Å²) < 4.78 is 7.05. The number of hydrogen-bond acceptors (Lipinski definition) is 4. The number of pyridine rings is 1. The molecule has 2 aromatic heterocycles. The second-order valence-electron chi connectivity index (χ2n) is 5.82. The van der Waals surface area contributed by atoms with Crippen molar-refractivity contribution in [3.63, 3.8) is 0 Å². The van der Waals surface area contributed by atoms with Crippen LogP contribution in [0.15, 0.2) is 73.2 Å². The number of carbonyl (C=O) groups is 1. The Balaban J connectivity index is 1.53. The van der Waals surface area contributed by atoms with Gasteiger partial charge in [0.05, 0.1) is 0 Å². The summed E-state index contributed by atoms with van der Waals surface area (Å²) in [5.41, 5.74) is 9.76. The van der Waals surface area contributed by atoms with Gasteiger partial charge in [0.25, 0.3) is 0 Å². The molecule has 0 aliphatic carbocycles. The van der Waals surface area contributed by atoms with Gasteiger partial charge >= 0.3 is 5.97 Å². The summed E-state index contributed by atoms with van der Waals surface area (Å²) in [6.45, 7) is 0.563. The number of rotatable bonds is 7. The lowest BCUT2D eigenvalue weighted by Crippen LogP contribution is -2.02. The van der Waals surface area contributed by atoms with Gasteiger partial charge in [-0.25, -0.2) is 9.78 Å². The number of hydrogen-bond donors (Lipinski definition) is 1. The molecule has 5 heteroatoms. The molecule has 2 heterocycles. The predicted octanol–water partition coefficient (Wildman–Crippen LogP) is 3.00. The van der Waals surface area contributed by atoms with Crippen molar-refractivity contribution in [2.75, 3.05) is 13.2 Å². The Bertz CT molecular complexity index is 924. The fourth-order valence-corrected chi connectivity index (χ4v) is 2.58. The van der Waals surface area contributed by atoms with Gasteiger partial charge in [-0.2, -0.15) is 0 Å². The predicted molar refractivity (Wildman–Crippen MR) is 103 cm³/mol. The van der Waals surface area contributed by atoms with Crippen molar-refractivity contribution < 1.29 is 9.53 Å². The topological polar surface area (TPSA) is 69.6 Å². The monoisotopic (exact) mass is 347 g/mol. The van der Waals surface area contributed by atoms with Gasteiger partial charge < -0.3 is 14.9 Å². The minimum atomic E-state index is -0.384. The summed E-state index contributed by atoms with van der Waals surface area (Å²) in [4.78, 5) is 15.5. The molecular formula is C21H21N3O2. The van der Waals surface area contributed by atoms with E-state index in [1.165, 1.54) is 17.2 Å². The highest BCUT2D eigenvalue weighted by molar-refractivity contribution is 5.82. The zero-order chi connectivity index (χ0) is 18.2. The Hall–Kier alpha value is -3.18. The third kappa shape index (κ3) is 4.91. The molecule has 0 bridgehead atoms. The normalized spacial score (nSPS) is 11.6. The number of nitrogens with two attached hydrogens (primary N) is 1. The Morgan fingerprint density at radius 1 is 1.12 bits per heavy atom. The number of fused-ring (bicyclic) bond motifs is 1. The fourth-order valence-electron chi connectivity index (χ4n) is 2.58. The average Bonchev–Trinajstić information content (AvgIpc) is 3.12. The Kier molecular flexibility index (Phi) is 5.96. The van der Waals surface area contributed by atoms with Crippen LogP contribution in [0, 0.1) is 0 Å². The van der Waals surface area contributed by atoms with Crippen LogP contribution in [-0.2, 0) is 16.0 Å². The van der Waals surface area contributed by atoms with E-state index in [9.17, 15) is 4.79 Å². The molecule has 3 rings (SSSR count). The van der Waals surface area contributed by atoms with Gasteiger partial charge in [0, 0.05) is 31.2 Å². The van der Waals surface area contributed by atoms with Gasteiger partial charge in [0.2, 0.25) is 0 Å². The molecule has 0 amide bonds. The van der Waals surface area contributed by atoms with Crippen LogP contribution in [0.25, 0.3) is 11.7 Å². The van der Waals surface area contributed by atoms with Gasteiger partial charge in [-0.15, -0.1) is 0 Å². The zero-order valence-corrected chi connectivity index (χ0v) is 14.4. The lowest BCUT2D eigenvalue weighted by Gasteiger charge is -2.04. The quantitative estimate of drug-likeness (QED) is 0.527. The first-order chi connectivity index (χ1) is 12.7. The molecule has 132 valence electrons. The van der Waals surface area contributed by atoms with Crippen LogP contribution in [0.1, 0.15) is 16.7 Å². The molecule has 1 aromatic carbocycles. The van der Waals surface area contributed by atoms with E-state index in [1.807, 2.05) is 28.8 Å². The van der Waals surface area contributed by atoms with Crippen molar-refractivity contribution in [2.24, 2.45) is 5.73 Å². The molecule has 0 saturated carbocycles. The van der Waals surface area contributed by atoms with Gasteiger partial charge in [-0.1, -0.05) is 42.5 Å². The molecule has 0 aliphatic heterocycles. The minimum absolute atomic E-state index is 0.237. The van der Waals surface area contributed by atoms with E-state index in [4.69, 9.17) is 10.5 Å². The SMILES string of the molecule is NCC=CC(=O)OCC=Cc1ccc(Cc2ccc3nccn3c2)cc1. The first kappa shape index (κ1) is 17.6. The van der Waals surface area contributed by atoms with Crippen molar-refractivity contribution in [3.05, 3.63) is 89.9 Å². The molecule has 0 atom stereocenters. The molecular weight excluding hydrogens is 326 g/mol. The third-order valence-electron chi connectivity index (χ3n) is 3.86. The summed E-state index contributed by atoms with van der Waals surface area (Å²) in [6, 6.07) is 12.4. The molecule has 0 unspecified atom stereocenters. The maximum atomic E-state index is 11.3. The van der Waals surface area contributed by atoms with Crippen LogP contribution < -0.4 is 5.73 Å². The van der Waals surface area contributed by atoms with Crippen molar-refractivity contribution in [1.82, 2.24) is 9.38 Å². The molecule has 0 saturated heterocycles. The second kappa shape index (κ2) is 8.78. The van der Waals surface area contributed by atoms with Gasteiger partial charge in [-0.3, -0.25) is 0 Å². The number of benzene rings is 1. The first-order valence-electron chi connectivity index (χ1n) is 8.45. The molecule has 5 nitrogen and oxygen atoms in total. The van der Waals surface area contributed by atoms with Crippen molar-refractivity contribution >= 4 is 17.7 Å². The summed E-state index contributed by atoms with van der Waals surface area (Å²) in [6.07, 6.45) is 13.4. The van der Waals surface area contributed by atoms with Crippen molar-refractivity contribution in [1.29, 1.82) is 0 Å². The van der Waals surface area contributed by atoms with Gasteiger partial charge in [0.1, 0.15) is 12.3 Å². The number of carbonyl (C=O) groups excluding carboxylic acids is 1. The van der Waals surface area contributed by atoms with E-state index in [-0.39, 0.29) is 12.6 Å². The fraction of sp³-hybridized carbons (Fsp3) is 0.143. The number of aromatic nitrogens is 2. The first-order valence-corrected chi connectivity index (χ1v) is 8.45. The highest BCUT2D eigenvalue weighted by Gasteiger charge is 1.99. The van der Waals surface area contributed by atoms with Crippen LogP contribution in [0.2, 0.25) is 0 Å². The summed E-state index contributed by atoms with van der Waals surface area (Å²) in [5, 5.41) is 0. The molecule has 0 aliphatic rings. The molecule has 3 aromatic rings. The van der Waals surface area contributed by atoms with Crippen LogP contribution in [0.3, 0.4) is 0 Å². The number of esters is 1. The van der Waals surface area contributed by atoms with E-state index < -0.39 is 0 Å². The van der Waals surface area contributed by atoms with Crippen molar-refractivity contribution in [2.45, 2.75) is 6.42 Å². The minimum Gasteiger partial charge on any atom is -0.458 e. The molecule has 26 heavy (non-hydrogen) atoms. The summed E-state index contributed by atoms with van der Waals surface area (Å²) in [5.74, 6) is -0.384. The van der Waals surface area contributed by atoms with E-state index in [1.54, 1.807) is 12.3 Å². The Labute approximate surface area is 152 Å². The molecule has 2 N–H and O–H groups in total. The van der Waals surface area contributed by atoms with Crippen LogP contribution in [0.5, 0.6) is 0 Å². The van der Waals surface area contributed by atoms with E-state index >= 15 is 0 Å². The van der Waals surface area contributed by atoms with Gasteiger partial charge in [-0.05, 0) is 35.3 Å². The smallest absolute Gasteiger partial charge is 0.330 e. The lowest BCUT2D eigenvalue weighted by molar-refractivity contribution is -0.136. The van der Waals surface area contributed by atoms with E-state index in [0.717, 1.165) is 17.6 Å². The lowest BCUT2D eigenvalue weighted by atomic mass is 10.0. The highest BCUT2D eigenvalue weighted by atomic mass is 16.5. The van der Waals surface area contributed by atoms with Crippen LogP contribution in [0.4, 0.5) is 0 Å². The van der Waals surface area contributed by atoms with Crippen LogP contribution in [-0.4, -0.2) is 28.5 Å². The number of nitrogens with zero attached hydrogens (tertiary/aromatic N) is 2. The maximum absolute atomic E-state index is 11.3. The molecule has 0 fully saturated rings. The molecule has 0 radical (unpaired) electrons. The zero-order valence-electron chi connectivity index (χ0n) is 14.4. The average molecular weight is 347 g/mol. The largest absolute Gasteiger partial charge is 0.458 e. The number of ether oxygens (including phenoxy) is 1. The maximum Gasteiger partial charge on any atom is 0.330 e. The van der Waals surface area contributed by atoms with Crippen LogP contribution >= 0.6 is 0 Å². The summed E-state index contributed by atoms with van der Waals surface area (Å²) >= 11 is 0. The summed E-state index contributed by atoms with van der Waals surface area (Å²) in [7, 11) is 0. The third-order valence-corrected chi connectivity index (χ3v) is 3.86. The second-order valence-corrected chi connectivity index (χ2v) is 5.82. The molecule has 0 spiro atoms. The Morgan fingerprint density at radius 3 is 2.73 bits per heavy atom. The highest BCUT2D eigenvalue weighted by Crippen LogP contribution is 2.13. The Morgan fingerprint density at radius 2 is 1.92 bits per heavy atom. The number of imidazole rings is 1. The van der Waals surface area contributed by atoms with Gasteiger partial charge in [0.15, 0.2) is 0 Å². The standard InChI is InChI=1S/C21H21N3O2/c22-11-1-4-21(25)26-14-2-3-17-5-7-18(8-6-17)15-19-9-10-20-23-12-13-24(20)16-19/h1-10,12-13,16H,11,14-15,22H2. The van der Waals surface area contributed by atoms with Crippen molar-refractivity contribution in [3.8, 4) is 0 Å². The van der Waals surface area contributed by atoms with E-state index in [2.05, 4.69) is 41.5 Å².